The molecular weight excluding hydrogens is 620 g/mol. The van der Waals surface area contributed by atoms with E-state index in [-0.39, 0.29) is 14.0 Å². The van der Waals surface area contributed by atoms with Crippen molar-refractivity contribution in [3.8, 4) is 0 Å². The fourth-order valence-corrected chi connectivity index (χ4v) is 47.8. The predicted molar refractivity (Wildman–Crippen MR) is 125 cm³/mol. The van der Waals surface area contributed by atoms with Gasteiger partial charge in [0.25, 0.3) is 0 Å². The summed E-state index contributed by atoms with van der Waals surface area (Å²) in [6.45, 7) is 0. The van der Waals surface area contributed by atoms with Gasteiger partial charge in [0.05, 0.1) is 0 Å². The van der Waals surface area contributed by atoms with Gasteiger partial charge in [-0.05, 0) is 0 Å². The van der Waals surface area contributed by atoms with Gasteiger partial charge >= 0.3 is 186 Å². The van der Waals surface area contributed by atoms with E-state index in [2.05, 4.69) is 0 Å². The van der Waals surface area contributed by atoms with E-state index in [1.54, 1.807) is 24.3 Å². The van der Waals surface area contributed by atoms with Crippen LogP contribution in [0.15, 0.2) is 121 Å². The molecule has 6 heteroatoms. The van der Waals surface area contributed by atoms with Gasteiger partial charge < -0.3 is 0 Å². The van der Waals surface area contributed by atoms with Crippen molar-refractivity contribution in [2.75, 3.05) is 0 Å². The summed E-state index contributed by atoms with van der Waals surface area (Å²) in [5.41, 5.74) is 0. The van der Waals surface area contributed by atoms with Gasteiger partial charge in [0.1, 0.15) is 0 Å². The summed E-state index contributed by atoms with van der Waals surface area (Å²) in [6, 6.07) is 29.1. The van der Waals surface area contributed by atoms with E-state index in [1.165, 1.54) is 97.1 Å². The van der Waals surface area contributed by atoms with Crippen LogP contribution in [0.5, 0.6) is 0 Å². The zero-order chi connectivity index (χ0) is 22.1. The predicted octanol–water partition coefficient (Wildman–Crippen LogP) is 4.82. The Morgan fingerprint density at radius 1 is 0.355 bits per heavy atom. The first-order valence-corrected chi connectivity index (χ1v) is 22.4. The number of rotatable bonds is 6. The van der Waals surface area contributed by atoms with Crippen LogP contribution in [0.1, 0.15) is 0 Å². The third kappa shape index (κ3) is 3.94. The summed E-state index contributed by atoms with van der Waals surface area (Å²) in [4.78, 5) is 0. The summed E-state index contributed by atoms with van der Waals surface area (Å²) < 4.78 is 66.3. The first-order valence-electron chi connectivity index (χ1n) is 9.85. The molecule has 0 aliphatic carbocycles. The number of halogens is 4. The van der Waals surface area contributed by atoms with Gasteiger partial charge in [0.15, 0.2) is 0 Å². The van der Waals surface area contributed by atoms with E-state index in [0.29, 0.717) is 0 Å². The molecule has 0 aliphatic rings. The van der Waals surface area contributed by atoms with Crippen molar-refractivity contribution in [3.05, 3.63) is 121 Å². The fraction of sp³-hybridized carbons (Fsp3) is 0.0400. The van der Waals surface area contributed by atoms with Crippen LogP contribution < -0.4 is 14.0 Å². The quantitative estimate of drug-likeness (QED) is 0.209. The van der Waals surface area contributed by atoms with Crippen molar-refractivity contribution >= 4 is 51.2 Å². The Labute approximate surface area is 184 Å². The van der Waals surface area contributed by atoms with Crippen LogP contribution >= 0.6 is 0 Å². The molecule has 0 radical (unpaired) electrons. The standard InChI is InChI=1S/4C6H5.CH2.4FH.2Sb/c4*1-2-4-6-5-3-1;;;;;;;/h4*1-5H;1H2;4*1H;;/q;;;;;;;;;2*+2/p-4. The molecular formula is C25H22F4Sb2. The molecule has 0 nitrogen and oxygen atoms in total. The molecule has 0 unspecified atom stereocenters. The Morgan fingerprint density at radius 2 is 0.548 bits per heavy atom. The molecule has 0 N–H and O–H groups in total. The van der Waals surface area contributed by atoms with Crippen LogP contribution in [-0.2, 0) is 0 Å². The van der Waals surface area contributed by atoms with Crippen molar-refractivity contribution in [2.24, 2.45) is 0 Å². The second-order valence-electron chi connectivity index (χ2n) is 7.62. The van der Waals surface area contributed by atoms with Crippen LogP contribution in [0.25, 0.3) is 0 Å². The van der Waals surface area contributed by atoms with Crippen molar-refractivity contribution < 1.29 is 11.3 Å². The maximum atomic E-state index is 17.2. The van der Waals surface area contributed by atoms with E-state index >= 15 is 11.3 Å². The molecule has 0 aromatic heterocycles. The zero-order valence-corrected chi connectivity index (χ0v) is 21.8. The monoisotopic (exact) mass is 640 g/mol. The van der Waals surface area contributed by atoms with Crippen molar-refractivity contribution in [2.45, 2.75) is 2.31 Å². The topological polar surface area (TPSA) is 0 Å². The minimum atomic E-state index is -7.30. The molecule has 31 heavy (non-hydrogen) atoms. The second-order valence-corrected chi connectivity index (χ2v) is 31.9. The number of hydrogen-bond donors (Lipinski definition) is 0. The third-order valence-corrected chi connectivity index (χ3v) is 42.4. The molecule has 4 rings (SSSR count). The molecule has 4 aromatic rings. The average Bonchev–Trinajstić information content (AvgIpc) is 2.81. The van der Waals surface area contributed by atoms with Crippen molar-refractivity contribution in [1.82, 2.24) is 0 Å². The molecule has 0 heterocycles. The first-order chi connectivity index (χ1) is 14.7. The zero-order valence-electron chi connectivity index (χ0n) is 16.7. The Hall–Kier alpha value is -1.76. The Balaban J connectivity index is 2.05. The maximum absolute atomic E-state index is 17.2. The molecule has 0 fully saturated rings. The summed E-state index contributed by atoms with van der Waals surface area (Å²) in [5, 5.41) is 0. The van der Waals surface area contributed by atoms with Crippen molar-refractivity contribution in [3.63, 3.8) is 0 Å². The van der Waals surface area contributed by atoms with Gasteiger partial charge in [-0.15, -0.1) is 0 Å². The second kappa shape index (κ2) is 7.98. The van der Waals surface area contributed by atoms with Crippen LogP contribution in [0.4, 0.5) is 11.3 Å². The summed E-state index contributed by atoms with van der Waals surface area (Å²) >= 11 is -14.6. The van der Waals surface area contributed by atoms with Gasteiger partial charge in [0, 0.05) is 0 Å². The molecule has 4 aromatic carbocycles. The molecule has 0 saturated heterocycles. The molecule has 0 atom stereocenters. The van der Waals surface area contributed by atoms with Crippen LogP contribution in [0, 0.1) is 0 Å². The van der Waals surface area contributed by atoms with Crippen LogP contribution in [-0.4, -0.2) is 37.1 Å². The van der Waals surface area contributed by atoms with Gasteiger partial charge in [-0.2, -0.15) is 0 Å². The van der Waals surface area contributed by atoms with E-state index in [1.807, 2.05) is 0 Å². The van der Waals surface area contributed by atoms with Crippen LogP contribution in [0.3, 0.4) is 0 Å². The third-order valence-electron chi connectivity index (χ3n) is 5.55. The van der Waals surface area contributed by atoms with Crippen LogP contribution in [0.2, 0.25) is 2.31 Å². The number of benzene rings is 4. The van der Waals surface area contributed by atoms with E-state index in [9.17, 15) is 0 Å². The number of hydrogen-bond acceptors (Lipinski definition) is 0. The molecule has 0 spiro atoms. The van der Waals surface area contributed by atoms with Crippen molar-refractivity contribution in [1.29, 1.82) is 0 Å². The molecule has 0 amide bonds. The molecule has 0 saturated carbocycles. The van der Waals surface area contributed by atoms with Gasteiger partial charge in [0.2, 0.25) is 0 Å². The summed E-state index contributed by atoms with van der Waals surface area (Å²) in [6.07, 6.45) is 0. The van der Waals surface area contributed by atoms with Gasteiger partial charge in [-0.1, -0.05) is 0 Å². The van der Waals surface area contributed by atoms with Gasteiger partial charge in [-0.3, -0.25) is 0 Å². The van der Waals surface area contributed by atoms with Gasteiger partial charge in [-0.25, -0.2) is 0 Å². The van der Waals surface area contributed by atoms with E-state index < -0.39 is 39.4 Å². The SMILES string of the molecule is [F][Sb]([F])([CH2][Sb]([F])([F])([c]1ccccc1)[c]1ccccc1)([c]1ccccc1)[c]1ccccc1. The molecule has 0 bridgehead atoms. The summed E-state index contributed by atoms with van der Waals surface area (Å²) in [7, 11) is 0. The first kappa shape index (κ1) is 22.4. The van der Waals surface area contributed by atoms with E-state index in [4.69, 9.17) is 0 Å². The minimum absolute atomic E-state index is 0.234. The molecule has 160 valence electrons. The molecule has 0 aliphatic heterocycles. The van der Waals surface area contributed by atoms with E-state index in [0.717, 1.165) is 0 Å². The Kier molecular flexibility index (Phi) is 5.77. The summed E-state index contributed by atoms with van der Waals surface area (Å²) in [5.74, 6) is 0. The average molecular weight is 642 g/mol. The normalized spacial score (nSPS) is 14.7. The Morgan fingerprint density at radius 3 is 0.742 bits per heavy atom. The Bertz CT molecular complexity index is 983. The fourth-order valence-electron chi connectivity index (χ4n) is 3.94.